The van der Waals surface area contributed by atoms with E-state index in [4.69, 9.17) is 11.6 Å². The number of hydrogen-bond acceptors (Lipinski definition) is 3. The molecule has 3 rings (SSSR count). The number of carbonyl (C=O) groups is 1. The van der Waals surface area contributed by atoms with Crippen molar-refractivity contribution in [1.29, 1.82) is 0 Å². The molecule has 0 radical (unpaired) electrons. The largest absolute Gasteiger partial charge is 0.396 e. The first-order valence-electron chi connectivity index (χ1n) is 7.92. The molecule has 1 aromatic heterocycles. The number of aromatic nitrogens is 2. The van der Waals surface area contributed by atoms with E-state index in [1.165, 1.54) is 0 Å². The molecule has 1 amide bonds. The Kier molecular flexibility index (Phi) is 4.98. The van der Waals surface area contributed by atoms with Gasteiger partial charge in [-0.1, -0.05) is 17.7 Å². The lowest BCUT2D eigenvalue weighted by Crippen LogP contribution is -2.44. The number of halogens is 1. The summed E-state index contributed by atoms with van der Waals surface area (Å²) >= 11 is 6.00. The van der Waals surface area contributed by atoms with Gasteiger partial charge in [-0.15, -0.1) is 0 Å². The van der Waals surface area contributed by atoms with E-state index in [0.717, 1.165) is 31.5 Å². The molecule has 1 fully saturated rings. The first kappa shape index (κ1) is 16.0. The average molecular weight is 334 g/mol. The van der Waals surface area contributed by atoms with E-state index in [0.29, 0.717) is 17.1 Å². The van der Waals surface area contributed by atoms with Crippen molar-refractivity contribution in [1.82, 2.24) is 14.7 Å². The summed E-state index contributed by atoms with van der Waals surface area (Å²) in [7, 11) is 0. The highest BCUT2D eigenvalue weighted by Crippen LogP contribution is 2.22. The minimum atomic E-state index is -0.0658. The third-order valence-electron chi connectivity index (χ3n) is 4.23. The van der Waals surface area contributed by atoms with Crippen LogP contribution in [0.4, 0.5) is 0 Å². The topological polar surface area (TPSA) is 58.4 Å². The monoisotopic (exact) mass is 333 g/mol. The molecule has 0 aliphatic carbocycles. The summed E-state index contributed by atoms with van der Waals surface area (Å²) in [6, 6.07) is 9.18. The van der Waals surface area contributed by atoms with Gasteiger partial charge in [-0.3, -0.25) is 4.79 Å². The molecule has 23 heavy (non-hydrogen) atoms. The Hall–Kier alpha value is -1.85. The lowest BCUT2D eigenvalue weighted by atomic mass is 9.99. The first-order chi connectivity index (χ1) is 11.2. The van der Waals surface area contributed by atoms with Crippen LogP contribution >= 0.6 is 11.6 Å². The molecular weight excluding hydrogens is 314 g/mol. The third-order valence-corrected chi connectivity index (χ3v) is 4.47. The minimum Gasteiger partial charge on any atom is -0.396 e. The molecule has 1 unspecified atom stereocenters. The van der Waals surface area contributed by atoms with Crippen molar-refractivity contribution >= 4 is 17.5 Å². The van der Waals surface area contributed by atoms with E-state index in [1.807, 2.05) is 17.0 Å². The Morgan fingerprint density at radius 1 is 1.35 bits per heavy atom. The maximum absolute atomic E-state index is 12.7. The molecule has 1 aromatic carbocycles. The van der Waals surface area contributed by atoms with Crippen LogP contribution in [0.25, 0.3) is 5.69 Å². The van der Waals surface area contributed by atoms with Crippen LogP contribution in [-0.4, -0.2) is 44.9 Å². The van der Waals surface area contributed by atoms with Crippen LogP contribution in [-0.2, 0) is 0 Å². The molecule has 1 aliphatic heterocycles. The molecule has 0 spiro atoms. The molecule has 6 heteroatoms. The van der Waals surface area contributed by atoms with E-state index >= 15 is 0 Å². The summed E-state index contributed by atoms with van der Waals surface area (Å²) in [5, 5.41) is 14.2. The van der Waals surface area contributed by atoms with Crippen molar-refractivity contribution in [2.24, 2.45) is 0 Å². The van der Waals surface area contributed by atoms with Crippen LogP contribution in [0.3, 0.4) is 0 Å². The Labute approximate surface area is 140 Å². The minimum absolute atomic E-state index is 0.0658. The maximum atomic E-state index is 12.7. The zero-order valence-corrected chi connectivity index (χ0v) is 13.6. The molecule has 2 aromatic rings. The molecular formula is C17H20ClN3O2. The molecule has 5 nitrogen and oxygen atoms in total. The number of amides is 1. The summed E-state index contributed by atoms with van der Waals surface area (Å²) in [6.07, 6.45) is 5.44. The van der Waals surface area contributed by atoms with Gasteiger partial charge in [-0.25, -0.2) is 4.68 Å². The molecule has 0 saturated carbocycles. The fourth-order valence-corrected chi connectivity index (χ4v) is 3.25. The van der Waals surface area contributed by atoms with E-state index in [-0.39, 0.29) is 18.6 Å². The molecule has 122 valence electrons. The van der Waals surface area contributed by atoms with Crippen LogP contribution in [0.1, 0.15) is 36.2 Å². The van der Waals surface area contributed by atoms with Gasteiger partial charge in [-0.2, -0.15) is 5.10 Å². The van der Waals surface area contributed by atoms with Gasteiger partial charge >= 0.3 is 0 Å². The Morgan fingerprint density at radius 2 is 2.22 bits per heavy atom. The maximum Gasteiger partial charge on any atom is 0.274 e. The van der Waals surface area contributed by atoms with Crippen LogP contribution in [0, 0.1) is 0 Å². The van der Waals surface area contributed by atoms with Gasteiger partial charge in [0, 0.05) is 30.4 Å². The summed E-state index contributed by atoms with van der Waals surface area (Å²) in [4.78, 5) is 14.6. The number of nitrogens with zero attached hydrogens (tertiary/aromatic N) is 3. The number of aliphatic hydroxyl groups excluding tert-OH is 1. The Balaban J connectivity index is 1.80. The van der Waals surface area contributed by atoms with Crippen LogP contribution in [0.5, 0.6) is 0 Å². The SMILES string of the molecule is O=C(c1ccn(-c2cccc(Cl)c2)n1)N1CCCCC1CCO. The predicted molar refractivity (Wildman–Crippen MR) is 89.0 cm³/mol. The quantitative estimate of drug-likeness (QED) is 0.936. The highest BCUT2D eigenvalue weighted by atomic mass is 35.5. The standard InChI is InChI=1S/C17H20ClN3O2/c18-13-4-3-6-15(12-13)21-10-7-16(19-21)17(23)20-9-2-1-5-14(20)8-11-22/h3-4,6-7,10,12,14,22H,1-2,5,8-9,11H2. The average Bonchev–Trinajstić information content (AvgIpc) is 3.05. The molecule has 1 saturated heterocycles. The molecule has 1 atom stereocenters. The summed E-state index contributed by atoms with van der Waals surface area (Å²) < 4.78 is 1.66. The normalized spacial score (nSPS) is 18.2. The summed E-state index contributed by atoms with van der Waals surface area (Å²) in [6.45, 7) is 0.832. The Bertz CT molecular complexity index is 684. The second kappa shape index (κ2) is 7.15. The van der Waals surface area contributed by atoms with Crippen molar-refractivity contribution < 1.29 is 9.90 Å². The van der Waals surface area contributed by atoms with E-state index in [1.54, 1.807) is 29.1 Å². The zero-order valence-electron chi connectivity index (χ0n) is 12.9. The molecule has 1 N–H and O–H groups in total. The number of rotatable bonds is 4. The van der Waals surface area contributed by atoms with Gasteiger partial charge in [0.05, 0.1) is 5.69 Å². The van der Waals surface area contributed by atoms with Gasteiger partial charge in [0.1, 0.15) is 0 Å². The zero-order chi connectivity index (χ0) is 16.2. The predicted octanol–water partition coefficient (Wildman–Crippen LogP) is 2.90. The molecule has 0 bridgehead atoms. The highest BCUT2D eigenvalue weighted by molar-refractivity contribution is 6.30. The second-order valence-corrected chi connectivity index (χ2v) is 6.22. The van der Waals surface area contributed by atoms with Crippen molar-refractivity contribution in [2.45, 2.75) is 31.7 Å². The lowest BCUT2D eigenvalue weighted by Gasteiger charge is -2.35. The van der Waals surface area contributed by atoms with E-state index < -0.39 is 0 Å². The van der Waals surface area contributed by atoms with Crippen molar-refractivity contribution in [3.63, 3.8) is 0 Å². The van der Waals surface area contributed by atoms with Gasteiger partial charge in [0.25, 0.3) is 5.91 Å². The van der Waals surface area contributed by atoms with E-state index in [2.05, 4.69) is 5.10 Å². The molecule has 1 aliphatic rings. The fourth-order valence-electron chi connectivity index (χ4n) is 3.06. The summed E-state index contributed by atoms with van der Waals surface area (Å²) in [5.74, 6) is -0.0658. The third kappa shape index (κ3) is 3.57. The van der Waals surface area contributed by atoms with E-state index in [9.17, 15) is 9.90 Å². The number of benzene rings is 1. The van der Waals surface area contributed by atoms with Crippen LogP contribution in [0.15, 0.2) is 36.5 Å². The lowest BCUT2D eigenvalue weighted by molar-refractivity contribution is 0.0568. The highest BCUT2D eigenvalue weighted by Gasteiger charge is 2.28. The number of aliphatic hydroxyl groups is 1. The van der Waals surface area contributed by atoms with Gasteiger partial charge in [0.2, 0.25) is 0 Å². The van der Waals surface area contributed by atoms with Gasteiger partial charge in [-0.05, 0) is 49.9 Å². The van der Waals surface area contributed by atoms with Gasteiger partial charge < -0.3 is 10.0 Å². The smallest absolute Gasteiger partial charge is 0.274 e. The van der Waals surface area contributed by atoms with Crippen LogP contribution in [0.2, 0.25) is 5.02 Å². The van der Waals surface area contributed by atoms with Crippen molar-refractivity contribution in [3.05, 3.63) is 47.2 Å². The van der Waals surface area contributed by atoms with Gasteiger partial charge in [0.15, 0.2) is 5.69 Å². The number of carbonyl (C=O) groups excluding carboxylic acids is 1. The number of piperidine rings is 1. The number of likely N-dealkylation sites (tertiary alicyclic amines) is 1. The van der Waals surface area contributed by atoms with Crippen molar-refractivity contribution in [3.8, 4) is 5.69 Å². The second-order valence-electron chi connectivity index (χ2n) is 5.79. The first-order valence-corrected chi connectivity index (χ1v) is 8.30. The van der Waals surface area contributed by atoms with Crippen LogP contribution < -0.4 is 0 Å². The fraction of sp³-hybridized carbons (Fsp3) is 0.412. The summed E-state index contributed by atoms with van der Waals surface area (Å²) in [5.41, 5.74) is 1.25. The Morgan fingerprint density at radius 3 is 3.00 bits per heavy atom. The van der Waals surface area contributed by atoms with Crippen molar-refractivity contribution in [2.75, 3.05) is 13.2 Å². The number of hydrogen-bond donors (Lipinski definition) is 1. The molecule has 2 heterocycles.